The second kappa shape index (κ2) is 6.55. The Balaban J connectivity index is 2.03. The van der Waals surface area contributed by atoms with Crippen molar-refractivity contribution in [2.24, 2.45) is 0 Å². The monoisotopic (exact) mass is 274 g/mol. The number of carbonyl (C=O) groups excluding carboxylic acids is 2. The molecule has 0 atom stereocenters. The number of nitrogens with zero attached hydrogens (tertiary/aromatic N) is 2. The molecule has 0 bridgehead atoms. The Hall–Kier alpha value is -1.84. The van der Waals surface area contributed by atoms with Crippen molar-refractivity contribution in [2.45, 2.75) is 26.7 Å². The Morgan fingerprint density at radius 3 is 2.20 bits per heavy atom. The molecule has 1 aromatic rings. The Morgan fingerprint density at radius 1 is 1.00 bits per heavy atom. The van der Waals surface area contributed by atoms with Gasteiger partial charge in [0, 0.05) is 38.7 Å². The first-order valence-corrected chi connectivity index (χ1v) is 7.25. The molecule has 4 heteroatoms. The van der Waals surface area contributed by atoms with Crippen LogP contribution in [0.15, 0.2) is 24.3 Å². The lowest BCUT2D eigenvalue weighted by molar-refractivity contribution is -0.128. The van der Waals surface area contributed by atoms with Gasteiger partial charge in [-0.25, -0.2) is 0 Å². The third-order valence-corrected chi connectivity index (χ3v) is 3.84. The minimum atomic E-state index is 0.0676. The lowest BCUT2D eigenvalue weighted by Gasteiger charge is -2.21. The summed E-state index contributed by atoms with van der Waals surface area (Å²) in [5, 5.41) is 0. The summed E-state index contributed by atoms with van der Waals surface area (Å²) < 4.78 is 0. The van der Waals surface area contributed by atoms with Gasteiger partial charge in [0.25, 0.3) is 5.91 Å². The van der Waals surface area contributed by atoms with Crippen molar-refractivity contribution in [3.8, 4) is 0 Å². The summed E-state index contributed by atoms with van der Waals surface area (Å²) in [4.78, 5) is 27.5. The molecule has 1 heterocycles. The molecule has 108 valence electrons. The van der Waals surface area contributed by atoms with Crippen LogP contribution in [0.25, 0.3) is 0 Å². The SMILES string of the molecule is CCc1ccc(C(=O)N2CCCN(C(C)=O)CC2)cc1. The van der Waals surface area contributed by atoms with Gasteiger partial charge in [-0.2, -0.15) is 0 Å². The zero-order valence-corrected chi connectivity index (χ0v) is 12.3. The fraction of sp³-hybridized carbons (Fsp3) is 0.500. The van der Waals surface area contributed by atoms with Gasteiger partial charge in [-0.3, -0.25) is 9.59 Å². The van der Waals surface area contributed by atoms with Crippen LogP contribution in [0.5, 0.6) is 0 Å². The summed E-state index contributed by atoms with van der Waals surface area (Å²) in [7, 11) is 0. The van der Waals surface area contributed by atoms with Gasteiger partial charge in [-0.15, -0.1) is 0 Å². The maximum atomic E-state index is 12.5. The van der Waals surface area contributed by atoms with Crippen LogP contribution in [0.3, 0.4) is 0 Å². The van der Waals surface area contributed by atoms with Crippen molar-refractivity contribution in [1.82, 2.24) is 9.80 Å². The summed E-state index contributed by atoms with van der Waals surface area (Å²) in [5.74, 6) is 0.157. The second-order valence-electron chi connectivity index (χ2n) is 5.20. The molecule has 0 radical (unpaired) electrons. The van der Waals surface area contributed by atoms with E-state index in [9.17, 15) is 9.59 Å². The fourth-order valence-corrected chi connectivity index (χ4v) is 2.50. The largest absolute Gasteiger partial charge is 0.341 e. The number of aryl methyl sites for hydroxylation is 1. The smallest absolute Gasteiger partial charge is 0.253 e. The molecule has 0 N–H and O–H groups in total. The van der Waals surface area contributed by atoms with Gasteiger partial charge in [0.2, 0.25) is 5.91 Å². The first kappa shape index (κ1) is 14.6. The molecule has 1 saturated heterocycles. The molecular weight excluding hydrogens is 252 g/mol. The topological polar surface area (TPSA) is 40.6 Å². The lowest BCUT2D eigenvalue weighted by atomic mass is 10.1. The number of hydrogen-bond donors (Lipinski definition) is 0. The quantitative estimate of drug-likeness (QED) is 0.827. The molecule has 1 fully saturated rings. The van der Waals surface area contributed by atoms with E-state index >= 15 is 0 Å². The van der Waals surface area contributed by atoms with Crippen molar-refractivity contribution in [3.05, 3.63) is 35.4 Å². The van der Waals surface area contributed by atoms with E-state index in [0.29, 0.717) is 13.1 Å². The van der Waals surface area contributed by atoms with Crippen LogP contribution < -0.4 is 0 Å². The minimum Gasteiger partial charge on any atom is -0.341 e. The van der Waals surface area contributed by atoms with Gasteiger partial charge < -0.3 is 9.80 Å². The number of hydrogen-bond acceptors (Lipinski definition) is 2. The predicted octanol–water partition coefficient (Wildman–Crippen LogP) is 1.94. The van der Waals surface area contributed by atoms with Gasteiger partial charge in [0.1, 0.15) is 0 Å². The third-order valence-electron chi connectivity index (χ3n) is 3.84. The molecule has 2 amide bonds. The summed E-state index contributed by atoms with van der Waals surface area (Å²) in [6.07, 6.45) is 1.82. The predicted molar refractivity (Wildman–Crippen MR) is 78.6 cm³/mol. The van der Waals surface area contributed by atoms with Gasteiger partial charge >= 0.3 is 0 Å². The minimum absolute atomic E-state index is 0.0676. The van der Waals surface area contributed by atoms with Crippen LogP contribution in [0.2, 0.25) is 0 Å². The number of amides is 2. The number of rotatable bonds is 2. The van der Waals surface area contributed by atoms with Crippen LogP contribution in [0.1, 0.15) is 36.2 Å². The highest BCUT2D eigenvalue weighted by Gasteiger charge is 2.21. The zero-order chi connectivity index (χ0) is 14.5. The second-order valence-corrected chi connectivity index (χ2v) is 5.20. The van der Waals surface area contributed by atoms with Gasteiger partial charge in [0.15, 0.2) is 0 Å². The van der Waals surface area contributed by atoms with E-state index in [1.54, 1.807) is 6.92 Å². The highest BCUT2D eigenvalue weighted by atomic mass is 16.2. The lowest BCUT2D eigenvalue weighted by Crippen LogP contribution is -2.36. The fourth-order valence-electron chi connectivity index (χ4n) is 2.50. The average Bonchev–Trinajstić information content (AvgIpc) is 2.72. The summed E-state index contributed by atoms with van der Waals surface area (Å²) >= 11 is 0. The van der Waals surface area contributed by atoms with E-state index in [4.69, 9.17) is 0 Å². The maximum absolute atomic E-state index is 12.5. The highest BCUT2D eigenvalue weighted by molar-refractivity contribution is 5.94. The molecule has 0 aliphatic carbocycles. The average molecular weight is 274 g/mol. The normalized spacial score (nSPS) is 15.9. The Labute approximate surface area is 120 Å². The number of carbonyl (C=O) groups is 2. The van der Waals surface area contributed by atoms with Crippen LogP contribution in [0.4, 0.5) is 0 Å². The summed E-state index contributed by atoms with van der Waals surface area (Å²) in [5.41, 5.74) is 1.97. The molecule has 0 saturated carbocycles. The van der Waals surface area contributed by atoms with Crippen molar-refractivity contribution in [2.75, 3.05) is 26.2 Å². The molecule has 0 unspecified atom stereocenters. The third kappa shape index (κ3) is 3.38. The summed E-state index contributed by atoms with van der Waals surface area (Å²) in [6, 6.07) is 7.81. The van der Waals surface area contributed by atoms with E-state index in [0.717, 1.165) is 31.5 Å². The zero-order valence-electron chi connectivity index (χ0n) is 12.3. The van der Waals surface area contributed by atoms with Gasteiger partial charge in [-0.05, 0) is 30.5 Å². The number of benzene rings is 1. The molecule has 0 aromatic heterocycles. The molecule has 0 spiro atoms. The van der Waals surface area contributed by atoms with E-state index in [-0.39, 0.29) is 11.8 Å². The van der Waals surface area contributed by atoms with Crippen LogP contribution >= 0.6 is 0 Å². The molecule has 1 aliphatic rings. The Kier molecular flexibility index (Phi) is 4.77. The maximum Gasteiger partial charge on any atom is 0.253 e. The molecule has 20 heavy (non-hydrogen) atoms. The first-order chi connectivity index (χ1) is 9.61. The van der Waals surface area contributed by atoms with E-state index in [1.165, 1.54) is 5.56 Å². The van der Waals surface area contributed by atoms with Crippen molar-refractivity contribution < 1.29 is 9.59 Å². The standard InChI is InChI=1S/C16H22N2O2/c1-3-14-5-7-15(8-6-14)16(20)18-10-4-9-17(11-12-18)13(2)19/h5-8H,3-4,9-12H2,1-2H3. The Bertz CT molecular complexity index is 482. The van der Waals surface area contributed by atoms with E-state index in [1.807, 2.05) is 34.1 Å². The van der Waals surface area contributed by atoms with Crippen molar-refractivity contribution in [3.63, 3.8) is 0 Å². The van der Waals surface area contributed by atoms with Crippen LogP contribution in [-0.4, -0.2) is 47.8 Å². The van der Waals surface area contributed by atoms with Crippen LogP contribution in [-0.2, 0) is 11.2 Å². The van der Waals surface area contributed by atoms with Crippen LogP contribution in [0, 0.1) is 0 Å². The van der Waals surface area contributed by atoms with Gasteiger partial charge in [-0.1, -0.05) is 19.1 Å². The van der Waals surface area contributed by atoms with Crippen molar-refractivity contribution in [1.29, 1.82) is 0 Å². The molecule has 1 aliphatic heterocycles. The molecule has 4 nitrogen and oxygen atoms in total. The highest BCUT2D eigenvalue weighted by Crippen LogP contribution is 2.11. The summed E-state index contributed by atoms with van der Waals surface area (Å²) in [6.45, 7) is 6.40. The van der Waals surface area contributed by atoms with E-state index in [2.05, 4.69) is 6.92 Å². The first-order valence-electron chi connectivity index (χ1n) is 7.25. The molecule has 1 aromatic carbocycles. The van der Waals surface area contributed by atoms with Gasteiger partial charge in [0.05, 0.1) is 0 Å². The van der Waals surface area contributed by atoms with E-state index < -0.39 is 0 Å². The Morgan fingerprint density at radius 2 is 1.60 bits per heavy atom. The molecular formula is C16H22N2O2. The van der Waals surface area contributed by atoms with Crippen molar-refractivity contribution >= 4 is 11.8 Å². The molecule has 2 rings (SSSR count).